The van der Waals surface area contributed by atoms with E-state index in [1.807, 2.05) is 54.6 Å². The number of carboxylic acids is 1. The van der Waals surface area contributed by atoms with Crippen molar-refractivity contribution >= 4 is 17.8 Å². The maximum Gasteiger partial charge on any atom is 0.307 e. The van der Waals surface area contributed by atoms with Crippen LogP contribution >= 0.6 is 0 Å². The first-order chi connectivity index (χ1) is 13.0. The van der Waals surface area contributed by atoms with Crippen LogP contribution < -0.4 is 5.32 Å². The molecule has 0 aliphatic rings. The number of carboxylic acid groups (broad SMARTS) is 1. The fraction of sp³-hybridized carbons (Fsp3) is 0.286. The van der Waals surface area contributed by atoms with Gasteiger partial charge in [0.05, 0.1) is 25.9 Å². The van der Waals surface area contributed by atoms with E-state index in [2.05, 4.69) is 10.1 Å². The smallest absolute Gasteiger partial charge is 0.307 e. The number of esters is 1. The molecule has 2 rings (SSSR count). The molecule has 0 heterocycles. The van der Waals surface area contributed by atoms with E-state index in [1.54, 1.807) is 0 Å². The van der Waals surface area contributed by atoms with Gasteiger partial charge in [-0.3, -0.25) is 14.4 Å². The largest absolute Gasteiger partial charge is 0.481 e. The highest BCUT2D eigenvalue weighted by Gasteiger charge is 2.22. The summed E-state index contributed by atoms with van der Waals surface area (Å²) in [6.45, 7) is 0.120. The van der Waals surface area contributed by atoms with E-state index in [-0.39, 0.29) is 25.3 Å². The Morgan fingerprint density at radius 3 is 2.22 bits per heavy atom. The van der Waals surface area contributed by atoms with E-state index in [0.717, 1.165) is 16.7 Å². The molecule has 0 fully saturated rings. The summed E-state index contributed by atoms with van der Waals surface area (Å²) in [6.07, 6.45) is 0.0870. The number of ether oxygens (including phenoxy) is 1. The van der Waals surface area contributed by atoms with Gasteiger partial charge in [0.15, 0.2) is 0 Å². The first kappa shape index (κ1) is 20.2. The van der Waals surface area contributed by atoms with Crippen molar-refractivity contribution in [3.63, 3.8) is 0 Å². The van der Waals surface area contributed by atoms with Crippen LogP contribution in [0.5, 0.6) is 0 Å². The molecule has 0 aliphatic carbocycles. The molecule has 2 aromatic rings. The lowest BCUT2D eigenvalue weighted by Crippen LogP contribution is -2.34. The van der Waals surface area contributed by atoms with Gasteiger partial charge in [-0.25, -0.2) is 0 Å². The highest BCUT2D eigenvalue weighted by Crippen LogP contribution is 2.21. The van der Waals surface area contributed by atoms with Crippen molar-refractivity contribution in [2.45, 2.75) is 19.3 Å². The monoisotopic (exact) mass is 369 g/mol. The molecular weight excluding hydrogens is 346 g/mol. The number of nitrogens with one attached hydrogen (secondary N) is 1. The summed E-state index contributed by atoms with van der Waals surface area (Å²) >= 11 is 0. The molecule has 0 radical (unpaired) electrons. The molecule has 6 heteroatoms. The van der Waals surface area contributed by atoms with Crippen LogP contribution in [0.3, 0.4) is 0 Å². The molecule has 142 valence electrons. The van der Waals surface area contributed by atoms with E-state index >= 15 is 0 Å². The van der Waals surface area contributed by atoms with Crippen LogP contribution in [0.2, 0.25) is 0 Å². The summed E-state index contributed by atoms with van der Waals surface area (Å²) in [5.74, 6) is -2.55. The van der Waals surface area contributed by atoms with Gasteiger partial charge in [-0.05, 0) is 23.1 Å². The van der Waals surface area contributed by atoms with Crippen molar-refractivity contribution in [3.05, 3.63) is 60.2 Å². The van der Waals surface area contributed by atoms with E-state index in [4.69, 9.17) is 5.11 Å². The summed E-state index contributed by atoms with van der Waals surface area (Å²) in [5.41, 5.74) is 3.02. The van der Waals surface area contributed by atoms with Crippen molar-refractivity contribution in [3.8, 4) is 11.1 Å². The van der Waals surface area contributed by atoms with Crippen LogP contribution in [0.4, 0.5) is 0 Å². The Bertz CT molecular complexity index is 771. The number of carbonyl (C=O) groups excluding carboxylic acids is 2. The van der Waals surface area contributed by atoms with Gasteiger partial charge in [0.1, 0.15) is 0 Å². The SMILES string of the molecule is COC(=O)CCNC(=O)[C@@H](CC(=O)O)Cc1ccc(-c2ccccc2)cc1. The average molecular weight is 369 g/mol. The second-order valence-electron chi connectivity index (χ2n) is 6.18. The van der Waals surface area contributed by atoms with E-state index in [9.17, 15) is 14.4 Å². The number of benzene rings is 2. The minimum atomic E-state index is -1.04. The predicted octanol–water partition coefficient (Wildman–Crippen LogP) is 2.67. The molecular formula is C21H23NO5. The van der Waals surface area contributed by atoms with Crippen molar-refractivity contribution < 1.29 is 24.2 Å². The van der Waals surface area contributed by atoms with E-state index < -0.39 is 17.9 Å². The zero-order valence-corrected chi connectivity index (χ0v) is 15.2. The predicted molar refractivity (Wildman–Crippen MR) is 101 cm³/mol. The molecule has 2 N–H and O–H groups in total. The molecule has 0 bridgehead atoms. The lowest BCUT2D eigenvalue weighted by molar-refractivity contribution is -0.142. The molecule has 27 heavy (non-hydrogen) atoms. The number of amides is 1. The van der Waals surface area contributed by atoms with Crippen molar-refractivity contribution in [2.75, 3.05) is 13.7 Å². The van der Waals surface area contributed by atoms with Crippen LogP contribution in [-0.4, -0.2) is 36.6 Å². The summed E-state index contributed by atoms with van der Waals surface area (Å²) in [7, 11) is 1.27. The summed E-state index contributed by atoms with van der Waals surface area (Å²) < 4.78 is 4.52. The molecule has 0 aliphatic heterocycles. The third-order valence-corrected chi connectivity index (χ3v) is 4.19. The summed E-state index contributed by atoms with van der Waals surface area (Å²) in [5, 5.41) is 11.7. The molecule has 0 saturated carbocycles. The minimum Gasteiger partial charge on any atom is -0.481 e. The highest BCUT2D eigenvalue weighted by atomic mass is 16.5. The van der Waals surface area contributed by atoms with Gasteiger partial charge in [-0.15, -0.1) is 0 Å². The maximum absolute atomic E-state index is 12.3. The Morgan fingerprint density at radius 1 is 1.00 bits per heavy atom. The molecule has 0 spiro atoms. The third kappa shape index (κ3) is 6.58. The summed E-state index contributed by atoms with van der Waals surface area (Å²) in [4.78, 5) is 34.5. The van der Waals surface area contributed by atoms with Gasteiger partial charge in [0.2, 0.25) is 5.91 Å². The van der Waals surface area contributed by atoms with E-state index in [1.165, 1.54) is 7.11 Å². The standard InChI is InChI=1S/C21H23NO5/c1-27-20(25)11-12-22-21(26)18(14-19(23)24)13-15-7-9-17(10-8-15)16-5-3-2-4-6-16/h2-10,18H,11-14H2,1H3,(H,22,26)(H,23,24)/t18-/m1/s1. The Labute approximate surface area is 158 Å². The highest BCUT2D eigenvalue weighted by molar-refractivity contribution is 5.83. The lowest BCUT2D eigenvalue weighted by Gasteiger charge is -2.15. The van der Waals surface area contributed by atoms with Gasteiger partial charge in [-0.2, -0.15) is 0 Å². The fourth-order valence-electron chi connectivity index (χ4n) is 2.75. The third-order valence-electron chi connectivity index (χ3n) is 4.19. The Balaban J connectivity index is 2.01. The topological polar surface area (TPSA) is 92.7 Å². The van der Waals surface area contributed by atoms with Crippen LogP contribution in [0, 0.1) is 5.92 Å². The molecule has 2 aromatic carbocycles. The van der Waals surface area contributed by atoms with Gasteiger partial charge >= 0.3 is 11.9 Å². The number of carbonyl (C=O) groups is 3. The number of hydrogen-bond acceptors (Lipinski definition) is 4. The number of methoxy groups -OCH3 is 1. The zero-order chi connectivity index (χ0) is 19.6. The summed E-state index contributed by atoms with van der Waals surface area (Å²) in [6, 6.07) is 17.6. The van der Waals surface area contributed by atoms with Gasteiger partial charge in [0.25, 0.3) is 0 Å². The lowest BCUT2D eigenvalue weighted by atomic mass is 9.94. The fourth-order valence-corrected chi connectivity index (χ4v) is 2.75. The van der Waals surface area contributed by atoms with Gasteiger partial charge < -0.3 is 15.2 Å². The Hall–Kier alpha value is -3.15. The Morgan fingerprint density at radius 2 is 1.63 bits per heavy atom. The zero-order valence-electron chi connectivity index (χ0n) is 15.2. The van der Waals surface area contributed by atoms with E-state index in [0.29, 0.717) is 6.42 Å². The quantitative estimate of drug-likeness (QED) is 0.663. The van der Waals surface area contributed by atoms with Crippen molar-refractivity contribution in [1.29, 1.82) is 0 Å². The minimum absolute atomic E-state index is 0.0494. The molecule has 0 saturated heterocycles. The average Bonchev–Trinajstić information content (AvgIpc) is 2.68. The van der Waals surface area contributed by atoms with Crippen LogP contribution in [0.1, 0.15) is 18.4 Å². The molecule has 0 unspecified atom stereocenters. The van der Waals surface area contributed by atoms with Gasteiger partial charge in [-0.1, -0.05) is 54.6 Å². The second-order valence-corrected chi connectivity index (χ2v) is 6.18. The van der Waals surface area contributed by atoms with Crippen LogP contribution in [0.15, 0.2) is 54.6 Å². The van der Waals surface area contributed by atoms with Crippen molar-refractivity contribution in [1.82, 2.24) is 5.32 Å². The Kier molecular flexibility index (Phi) is 7.55. The number of rotatable bonds is 9. The normalized spacial score (nSPS) is 11.4. The van der Waals surface area contributed by atoms with Crippen LogP contribution in [-0.2, 0) is 25.5 Å². The second kappa shape index (κ2) is 10.1. The molecule has 1 atom stereocenters. The molecule has 1 amide bonds. The number of aliphatic carboxylic acids is 1. The van der Waals surface area contributed by atoms with Crippen LogP contribution in [0.25, 0.3) is 11.1 Å². The van der Waals surface area contributed by atoms with Gasteiger partial charge in [0, 0.05) is 6.54 Å². The van der Waals surface area contributed by atoms with Crippen molar-refractivity contribution in [2.24, 2.45) is 5.92 Å². The first-order valence-electron chi connectivity index (χ1n) is 8.70. The first-order valence-corrected chi connectivity index (χ1v) is 8.70. The molecule has 0 aromatic heterocycles. The number of hydrogen-bond donors (Lipinski definition) is 2. The molecule has 6 nitrogen and oxygen atoms in total. The maximum atomic E-state index is 12.3.